The first-order valence-corrected chi connectivity index (χ1v) is 7.92. The third kappa shape index (κ3) is 3.32. The molecule has 1 aromatic carbocycles. The number of carbonyl (C=O) groups is 1. The Labute approximate surface area is 127 Å². The Bertz CT molecular complexity index is 586. The van der Waals surface area contributed by atoms with Crippen LogP contribution in [0.25, 0.3) is 0 Å². The van der Waals surface area contributed by atoms with Crippen molar-refractivity contribution in [1.29, 1.82) is 0 Å². The van der Waals surface area contributed by atoms with Crippen LogP contribution in [0.4, 0.5) is 0 Å². The second-order valence-corrected chi connectivity index (χ2v) is 6.20. The molecule has 4 nitrogen and oxygen atoms in total. The maximum absolute atomic E-state index is 12.4. The molecule has 3 unspecified atom stereocenters. The van der Waals surface area contributed by atoms with Crippen molar-refractivity contribution in [2.75, 3.05) is 6.54 Å². The molecule has 5 heteroatoms. The average Bonchev–Trinajstić information content (AvgIpc) is 3.17. The minimum Gasteiger partial charge on any atom is -0.392 e. The third-order valence-electron chi connectivity index (χ3n) is 3.67. The highest BCUT2D eigenvalue weighted by Gasteiger charge is 2.30. The van der Waals surface area contributed by atoms with E-state index in [4.69, 9.17) is 0 Å². The third-order valence-corrected chi connectivity index (χ3v) is 4.61. The van der Waals surface area contributed by atoms with E-state index in [1.54, 1.807) is 11.3 Å². The van der Waals surface area contributed by atoms with E-state index in [0.29, 0.717) is 13.0 Å². The topological polar surface area (TPSA) is 61.4 Å². The highest BCUT2D eigenvalue weighted by atomic mass is 32.1. The number of hydrogen-bond acceptors (Lipinski definition) is 4. The van der Waals surface area contributed by atoms with Crippen LogP contribution in [-0.2, 0) is 4.79 Å². The smallest absolute Gasteiger partial charge is 0.238 e. The van der Waals surface area contributed by atoms with Gasteiger partial charge in [-0.3, -0.25) is 4.79 Å². The van der Waals surface area contributed by atoms with E-state index >= 15 is 0 Å². The molecule has 1 aliphatic rings. The summed E-state index contributed by atoms with van der Waals surface area (Å²) in [5, 5.41) is 17.7. The lowest BCUT2D eigenvalue weighted by atomic mass is 10.0. The highest BCUT2D eigenvalue weighted by Crippen LogP contribution is 2.26. The monoisotopic (exact) mass is 302 g/mol. The Morgan fingerprint density at radius 2 is 2.10 bits per heavy atom. The van der Waals surface area contributed by atoms with Crippen molar-refractivity contribution in [2.24, 2.45) is 0 Å². The van der Waals surface area contributed by atoms with Gasteiger partial charge in [-0.15, -0.1) is 11.3 Å². The van der Waals surface area contributed by atoms with E-state index in [1.165, 1.54) is 0 Å². The Morgan fingerprint density at radius 1 is 1.29 bits per heavy atom. The van der Waals surface area contributed by atoms with E-state index in [-0.39, 0.29) is 18.0 Å². The van der Waals surface area contributed by atoms with Crippen molar-refractivity contribution in [3.8, 4) is 0 Å². The van der Waals surface area contributed by atoms with E-state index in [9.17, 15) is 9.90 Å². The Hall–Kier alpha value is -1.69. The fourth-order valence-electron chi connectivity index (χ4n) is 2.58. The van der Waals surface area contributed by atoms with Crippen LogP contribution >= 0.6 is 11.3 Å². The molecule has 1 fully saturated rings. The predicted octanol–water partition coefficient (Wildman–Crippen LogP) is 1.68. The van der Waals surface area contributed by atoms with Crippen molar-refractivity contribution >= 4 is 17.2 Å². The lowest BCUT2D eigenvalue weighted by molar-refractivity contribution is -0.123. The molecule has 2 aromatic rings. The summed E-state index contributed by atoms with van der Waals surface area (Å²) in [4.78, 5) is 13.5. The van der Waals surface area contributed by atoms with Gasteiger partial charge >= 0.3 is 0 Å². The van der Waals surface area contributed by atoms with Crippen molar-refractivity contribution in [3.05, 3.63) is 58.3 Å². The molecule has 1 amide bonds. The van der Waals surface area contributed by atoms with Crippen LogP contribution in [0.2, 0.25) is 0 Å². The lowest BCUT2D eigenvalue weighted by Crippen LogP contribution is -2.42. The maximum atomic E-state index is 12.4. The van der Waals surface area contributed by atoms with Crippen molar-refractivity contribution in [1.82, 2.24) is 10.6 Å². The molecule has 3 N–H and O–H groups in total. The molecular formula is C16H18N2O2S. The molecule has 110 valence electrons. The van der Waals surface area contributed by atoms with E-state index in [1.807, 2.05) is 47.8 Å². The van der Waals surface area contributed by atoms with E-state index in [2.05, 4.69) is 10.6 Å². The summed E-state index contributed by atoms with van der Waals surface area (Å²) in [5.74, 6) is -0.0613. The number of aliphatic hydroxyl groups is 1. The molecule has 1 aliphatic heterocycles. The molecule has 0 bridgehead atoms. The van der Waals surface area contributed by atoms with Gasteiger partial charge in [-0.1, -0.05) is 36.4 Å². The fourth-order valence-corrected chi connectivity index (χ4v) is 3.38. The van der Waals surface area contributed by atoms with Gasteiger partial charge in [0.2, 0.25) is 5.91 Å². The lowest BCUT2D eigenvalue weighted by Gasteiger charge is -2.20. The van der Waals surface area contributed by atoms with Gasteiger partial charge in [-0.25, -0.2) is 0 Å². The maximum Gasteiger partial charge on any atom is 0.238 e. The summed E-state index contributed by atoms with van der Waals surface area (Å²) in [6.45, 7) is 0.479. The summed E-state index contributed by atoms with van der Waals surface area (Å²) in [5.41, 5.74) is 1.06. The van der Waals surface area contributed by atoms with Gasteiger partial charge in [-0.2, -0.15) is 0 Å². The molecule has 2 heterocycles. The van der Waals surface area contributed by atoms with Crippen LogP contribution in [0, 0.1) is 0 Å². The zero-order valence-electron chi connectivity index (χ0n) is 11.5. The van der Waals surface area contributed by atoms with Crippen LogP contribution in [0.3, 0.4) is 0 Å². The van der Waals surface area contributed by atoms with E-state index < -0.39 is 6.10 Å². The Morgan fingerprint density at radius 3 is 2.71 bits per heavy atom. The SMILES string of the molecule is O=C(NC(c1ccccc1)c1cccs1)C1CC(O)CN1. The van der Waals surface area contributed by atoms with Gasteiger partial charge < -0.3 is 15.7 Å². The second-order valence-electron chi connectivity index (χ2n) is 5.22. The van der Waals surface area contributed by atoms with Crippen molar-refractivity contribution < 1.29 is 9.90 Å². The number of aliphatic hydroxyl groups excluding tert-OH is 1. The average molecular weight is 302 g/mol. The first-order valence-electron chi connectivity index (χ1n) is 7.04. The predicted molar refractivity (Wildman–Crippen MR) is 83.2 cm³/mol. The normalized spacial score (nSPS) is 22.9. The minimum absolute atomic E-state index is 0.0613. The molecule has 0 radical (unpaired) electrons. The number of rotatable bonds is 4. The summed E-state index contributed by atoms with van der Waals surface area (Å²) in [7, 11) is 0. The van der Waals surface area contributed by atoms with Gasteiger partial charge in [0.25, 0.3) is 0 Å². The van der Waals surface area contributed by atoms with Crippen LogP contribution in [0.15, 0.2) is 47.8 Å². The minimum atomic E-state index is -0.433. The number of β-amino-alcohol motifs (C(OH)–C–C–N with tert-alkyl or cyclic N) is 1. The fraction of sp³-hybridized carbons (Fsp3) is 0.312. The molecule has 3 atom stereocenters. The van der Waals surface area contributed by atoms with E-state index in [0.717, 1.165) is 10.4 Å². The number of hydrogen-bond donors (Lipinski definition) is 3. The summed E-state index contributed by atoms with van der Waals surface area (Å²) in [6.07, 6.45) is 0.0373. The molecule has 0 spiro atoms. The summed E-state index contributed by atoms with van der Waals surface area (Å²) in [6, 6.07) is 13.5. The molecule has 1 aromatic heterocycles. The molecule has 0 saturated carbocycles. The molecule has 0 aliphatic carbocycles. The van der Waals surface area contributed by atoms with Crippen LogP contribution in [0.5, 0.6) is 0 Å². The zero-order chi connectivity index (χ0) is 14.7. The number of nitrogens with one attached hydrogen (secondary N) is 2. The first kappa shape index (κ1) is 14.3. The van der Waals surface area contributed by atoms with Gasteiger partial charge in [-0.05, 0) is 23.4 Å². The van der Waals surface area contributed by atoms with Gasteiger partial charge in [0.1, 0.15) is 0 Å². The molecule has 1 saturated heterocycles. The number of thiophene rings is 1. The van der Waals surface area contributed by atoms with Gasteiger partial charge in [0.15, 0.2) is 0 Å². The molecule has 21 heavy (non-hydrogen) atoms. The highest BCUT2D eigenvalue weighted by molar-refractivity contribution is 7.10. The van der Waals surface area contributed by atoms with Gasteiger partial charge in [0, 0.05) is 11.4 Å². The standard InChI is InChI=1S/C16H18N2O2S/c19-12-9-13(17-10-12)16(20)18-15(14-7-4-8-21-14)11-5-2-1-3-6-11/h1-8,12-13,15,17,19H,9-10H2,(H,18,20). The summed E-state index contributed by atoms with van der Waals surface area (Å²) < 4.78 is 0. The number of benzene rings is 1. The van der Waals surface area contributed by atoms with Crippen LogP contribution in [0.1, 0.15) is 22.9 Å². The van der Waals surface area contributed by atoms with Crippen molar-refractivity contribution in [3.63, 3.8) is 0 Å². The second kappa shape index (κ2) is 6.39. The quantitative estimate of drug-likeness (QED) is 0.805. The van der Waals surface area contributed by atoms with Crippen LogP contribution < -0.4 is 10.6 Å². The first-order chi connectivity index (χ1) is 10.2. The van der Waals surface area contributed by atoms with Crippen molar-refractivity contribution in [2.45, 2.75) is 24.6 Å². The Balaban J connectivity index is 1.79. The number of amides is 1. The number of carbonyl (C=O) groups excluding carboxylic acids is 1. The summed E-state index contributed by atoms with van der Waals surface area (Å²) >= 11 is 1.63. The molecule has 3 rings (SSSR count). The largest absolute Gasteiger partial charge is 0.392 e. The van der Waals surface area contributed by atoms with Crippen LogP contribution in [-0.4, -0.2) is 29.7 Å². The Kier molecular flexibility index (Phi) is 4.34. The molecular weight excluding hydrogens is 284 g/mol. The zero-order valence-corrected chi connectivity index (χ0v) is 12.3. The van der Waals surface area contributed by atoms with Gasteiger partial charge in [0.05, 0.1) is 18.2 Å².